The van der Waals surface area contributed by atoms with E-state index in [-0.39, 0.29) is 0 Å². The van der Waals surface area contributed by atoms with Gasteiger partial charge < -0.3 is 4.90 Å². The molecule has 1 aliphatic rings. The normalized spacial score (nSPS) is 22.9. The number of hydrogen-bond acceptors (Lipinski definition) is 1. The summed E-state index contributed by atoms with van der Waals surface area (Å²) in [6.45, 7) is 13.3. The average molecular weight is 155 g/mol. The molecule has 1 unspecified atom stereocenters. The second-order valence-corrected chi connectivity index (χ2v) is 4.92. The van der Waals surface area contributed by atoms with Crippen LogP contribution in [0.2, 0.25) is 0 Å². The van der Waals surface area contributed by atoms with Crippen molar-refractivity contribution in [2.45, 2.75) is 34.1 Å². The summed E-state index contributed by atoms with van der Waals surface area (Å²) in [6, 6.07) is 0. The topological polar surface area (TPSA) is 3.24 Å². The Morgan fingerprint density at radius 2 is 1.82 bits per heavy atom. The molecule has 0 amide bonds. The molecule has 1 nitrogen and oxygen atoms in total. The smallest absolute Gasteiger partial charge is 0.00120 e. The molecule has 11 heavy (non-hydrogen) atoms. The molecule has 0 saturated carbocycles. The zero-order valence-electron chi connectivity index (χ0n) is 8.35. The molecule has 1 heterocycles. The molecule has 0 aromatic carbocycles. The molecule has 1 fully saturated rings. The SMILES string of the molecule is CC(CN1CCC1)C(C)(C)C. The van der Waals surface area contributed by atoms with Crippen LogP contribution < -0.4 is 0 Å². The minimum Gasteiger partial charge on any atom is -0.303 e. The molecule has 0 radical (unpaired) electrons. The molecular formula is C10H21N. The number of rotatable bonds is 2. The van der Waals surface area contributed by atoms with Gasteiger partial charge in [-0.3, -0.25) is 0 Å². The van der Waals surface area contributed by atoms with Crippen LogP contribution in [0.5, 0.6) is 0 Å². The molecule has 0 aromatic rings. The van der Waals surface area contributed by atoms with Crippen molar-refractivity contribution >= 4 is 0 Å². The molecule has 1 aliphatic heterocycles. The van der Waals surface area contributed by atoms with Crippen molar-refractivity contribution in [2.24, 2.45) is 11.3 Å². The Hall–Kier alpha value is -0.0400. The first-order chi connectivity index (χ1) is 5.00. The second-order valence-electron chi connectivity index (χ2n) is 4.92. The highest BCUT2D eigenvalue weighted by Crippen LogP contribution is 2.27. The molecule has 66 valence electrons. The van der Waals surface area contributed by atoms with Gasteiger partial charge in [-0.25, -0.2) is 0 Å². The van der Waals surface area contributed by atoms with Crippen LogP contribution >= 0.6 is 0 Å². The third-order valence-electron chi connectivity index (χ3n) is 2.96. The minimum absolute atomic E-state index is 0.482. The van der Waals surface area contributed by atoms with Crippen LogP contribution in [-0.4, -0.2) is 24.5 Å². The third kappa shape index (κ3) is 2.48. The van der Waals surface area contributed by atoms with Gasteiger partial charge in [-0.2, -0.15) is 0 Å². The molecular weight excluding hydrogens is 134 g/mol. The quantitative estimate of drug-likeness (QED) is 0.592. The van der Waals surface area contributed by atoms with Crippen molar-refractivity contribution < 1.29 is 0 Å². The molecule has 0 aromatic heterocycles. The van der Waals surface area contributed by atoms with E-state index in [4.69, 9.17) is 0 Å². The van der Waals surface area contributed by atoms with E-state index in [1.54, 1.807) is 0 Å². The lowest BCUT2D eigenvalue weighted by Crippen LogP contribution is -2.42. The third-order valence-corrected chi connectivity index (χ3v) is 2.96. The van der Waals surface area contributed by atoms with Gasteiger partial charge in [0.25, 0.3) is 0 Å². The standard InChI is InChI=1S/C10H21N/c1-9(10(2,3)4)8-11-6-5-7-11/h9H,5-8H2,1-4H3. The van der Waals surface area contributed by atoms with Gasteiger partial charge in [0.15, 0.2) is 0 Å². The Morgan fingerprint density at radius 3 is 2.09 bits per heavy atom. The number of likely N-dealkylation sites (tertiary alicyclic amines) is 1. The maximum Gasteiger partial charge on any atom is 0.00120 e. The number of nitrogens with zero attached hydrogens (tertiary/aromatic N) is 1. The summed E-state index contributed by atoms with van der Waals surface area (Å²) in [7, 11) is 0. The summed E-state index contributed by atoms with van der Waals surface area (Å²) in [5.41, 5.74) is 0.482. The average Bonchev–Trinajstić information content (AvgIpc) is 1.75. The van der Waals surface area contributed by atoms with Crippen LogP contribution in [0.15, 0.2) is 0 Å². The monoisotopic (exact) mass is 155 g/mol. The first kappa shape index (κ1) is 9.05. The van der Waals surface area contributed by atoms with E-state index in [0.29, 0.717) is 5.41 Å². The molecule has 0 N–H and O–H groups in total. The predicted molar refractivity (Wildman–Crippen MR) is 49.7 cm³/mol. The molecule has 1 saturated heterocycles. The Kier molecular flexibility index (Phi) is 2.58. The summed E-state index contributed by atoms with van der Waals surface area (Å²) >= 11 is 0. The fourth-order valence-electron chi connectivity index (χ4n) is 1.23. The maximum absolute atomic E-state index is 2.55. The summed E-state index contributed by atoms with van der Waals surface area (Å²) in [5, 5.41) is 0. The second kappa shape index (κ2) is 3.14. The van der Waals surface area contributed by atoms with Gasteiger partial charge in [-0.05, 0) is 30.8 Å². The molecule has 1 heteroatoms. The fraction of sp³-hybridized carbons (Fsp3) is 1.00. The van der Waals surface area contributed by atoms with Gasteiger partial charge in [-0.1, -0.05) is 27.7 Å². The van der Waals surface area contributed by atoms with Crippen molar-refractivity contribution in [3.8, 4) is 0 Å². The van der Waals surface area contributed by atoms with Crippen LogP contribution in [0.25, 0.3) is 0 Å². The van der Waals surface area contributed by atoms with E-state index in [1.165, 1.54) is 26.1 Å². The van der Waals surface area contributed by atoms with E-state index in [1.807, 2.05) is 0 Å². The van der Waals surface area contributed by atoms with Crippen LogP contribution in [0, 0.1) is 11.3 Å². The Morgan fingerprint density at radius 1 is 1.27 bits per heavy atom. The summed E-state index contributed by atoms with van der Waals surface area (Å²) in [5.74, 6) is 0.822. The van der Waals surface area contributed by atoms with E-state index in [0.717, 1.165) is 5.92 Å². The highest BCUT2D eigenvalue weighted by molar-refractivity contribution is 4.77. The zero-order chi connectivity index (χ0) is 8.48. The maximum atomic E-state index is 2.55. The van der Waals surface area contributed by atoms with Gasteiger partial charge in [0.05, 0.1) is 0 Å². The lowest BCUT2D eigenvalue weighted by atomic mass is 9.81. The van der Waals surface area contributed by atoms with E-state index in [9.17, 15) is 0 Å². The predicted octanol–water partition coefficient (Wildman–Crippen LogP) is 2.37. The van der Waals surface area contributed by atoms with Gasteiger partial charge in [0.1, 0.15) is 0 Å². The van der Waals surface area contributed by atoms with Crippen LogP contribution in [0.3, 0.4) is 0 Å². The van der Waals surface area contributed by atoms with Crippen molar-refractivity contribution in [1.29, 1.82) is 0 Å². The Balaban J connectivity index is 2.24. The van der Waals surface area contributed by atoms with Crippen molar-refractivity contribution in [3.05, 3.63) is 0 Å². The summed E-state index contributed by atoms with van der Waals surface area (Å²) < 4.78 is 0. The molecule has 1 atom stereocenters. The van der Waals surface area contributed by atoms with Crippen molar-refractivity contribution in [3.63, 3.8) is 0 Å². The molecule has 0 spiro atoms. The van der Waals surface area contributed by atoms with Crippen molar-refractivity contribution in [2.75, 3.05) is 19.6 Å². The van der Waals surface area contributed by atoms with Crippen LogP contribution in [0.1, 0.15) is 34.1 Å². The lowest BCUT2D eigenvalue weighted by Gasteiger charge is -2.37. The van der Waals surface area contributed by atoms with Gasteiger partial charge in [0.2, 0.25) is 0 Å². The number of hydrogen-bond donors (Lipinski definition) is 0. The van der Waals surface area contributed by atoms with Gasteiger partial charge >= 0.3 is 0 Å². The van der Waals surface area contributed by atoms with E-state index >= 15 is 0 Å². The first-order valence-electron chi connectivity index (χ1n) is 4.72. The highest BCUT2D eigenvalue weighted by Gasteiger charge is 2.24. The van der Waals surface area contributed by atoms with E-state index in [2.05, 4.69) is 32.6 Å². The fourth-order valence-corrected chi connectivity index (χ4v) is 1.23. The Labute approximate surface area is 70.8 Å². The zero-order valence-corrected chi connectivity index (χ0v) is 8.35. The minimum atomic E-state index is 0.482. The highest BCUT2D eigenvalue weighted by atomic mass is 15.2. The largest absolute Gasteiger partial charge is 0.303 e. The summed E-state index contributed by atoms with van der Waals surface area (Å²) in [4.78, 5) is 2.55. The molecule has 0 aliphatic carbocycles. The first-order valence-corrected chi connectivity index (χ1v) is 4.72. The Bertz CT molecular complexity index is 119. The van der Waals surface area contributed by atoms with Gasteiger partial charge in [0, 0.05) is 6.54 Å². The summed E-state index contributed by atoms with van der Waals surface area (Å²) in [6.07, 6.45) is 1.41. The van der Waals surface area contributed by atoms with Crippen molar-refractivity contribution in [1.82, 2.24) is 4.90 Å². The molecule has 1 rings (SSSR count). The van der Waals surface area contributed by atoms with E-state index < -0.39 is 0 Å². The lowest BCUT2D eigenvalue weighted by molar-refractivity contribution is 0.112. The van der Waals surface area contributed by atoms with Crippen LogP contribution in [0.4, 0.5) is 0 Å². The van der Waals surface area contributed by atoms with Gasteiger partial charge in [-0.15, -0.1) is 0 Å². The van der Waals surface area contributed by atoms with Crippen LogP contribution in [-0.2, 0) is 0 Å². The molecule has 0 bridgehead atoms.